The molecule has 1 aromatic heterocycles. The molecule has 3 atom stereocenters. The molecule has 1 aromatic carbocycles. The Hall–Kier alpha value is -2.69. The minimum atomic E-state index is -1.00. The van der Waals surface area contributed by atoms with E-state index in [2.05, 4.69) is 47.3 Å². The molecule has 0 aliphatic rings. The van der Waals surface area contributed by atoms with Gasteiger partial charge < -0.3 is 14.6 Å². The van der Waals surface area contributed by atoms with Crippen LogP contribution in [0, 0.1) is 29.1 Å². The van der Waals surface area contributed by atoms with Crippen molar-refractivity contribution in [2.24, 2.45) is 17.8 Å². The summed E-state index contributed by atoms with van der Waals surface area (Å²) < 4.78 is 23.6. The number of rotatable bonds is 15. The molecule has 0 aliphatic heterocycles. The molecule has 1 N–H and O–H groups in total. The summed E-state index contributed by atoms with van der Waals surface area (Å²) in [5, 5.41) is 18.6. The zero-order chi connectivity index (χ0) is 29.6. The zero-order valence-electron chi connectivity index (χ0n) is 24.7. The molecule has 0 amide bonds. The molecule has 216 valence electrons. The van der Waals surface area contributed by atoms with E-state index in [9.17, 15) is 14.3 Å². The molecule has 2 aromatic rings. The highest BCUT2D eigenvalue weighted by Gasteiger charge is 2.40. The van der Waals surface area contributed by atoms with Gasteiger partial charge in [0.1, 0.15) is 5.75 Å². The monoisotopic (exact) mass is 559 g/mol. The van der Waals surface area contributed by atoms with Gasteiger partial charge in [-0.25, -0.2) is 4.79 Å². The minimum Gasteiger partial charge on any atom is -0.479 e. The maximum atomic E-state index is 12.9. The number of nitriles is 1. The van der Waals surface area contributed by atoms with E-state index in [1.165, 1.54) is 4.88 Å². The fourth-order valence-corrected chi connectivity index (χ4v) is 5.28. The second-order valence-corrected chi connectivity index (χ2v) is 11.5. The van der Waals surface area contributed by atoms with Crippen molar-refractivity contribution in [3.05, 3.63) is 53.4 Å². The summed E-state index contributed by atoms with van der Waals surface area (Å²) in [4.78, 5) is 13.9. The number of hydrogen-bond acceptors (Lipinski definition) is 5. The molecule has 0 spiro atoms. The van der Waals surface area contributed by atoms with Gasteiger partial charge >= 0.3 is 5.97 Å². The molecule has 0 saturated heterocycles. The second kappa shape index (κ2) is 17.1. The molecular formula is C32H46FNO4S. The Labute approximate surface area is 238 Å². The average Bonchev–Trinajstić information content (AvgIpc) is 3.39. The quantitative estimate of drug-likeness (QED) is 0.220. The number of carbonyl (C=O) groups is 1. The number of ether oxygens (including phenoxy) is 2. The maximum absolute atomic E-state index is 12.9. The summed E-state index contributed by atoms with van der Waals surface area (Å²) in [7, 11) is 0. The van der Waals surface area contributed by atoms with Crippen LogP contribution in [-0.4, -0.2) is 23.3 Å². The predicted molar refractivity (Wildman–Crippen MR) is 159 cm³/mol. The van der Waals surface area contributed by atoms with Crippen LogP contribution in [0.5, 0.6) is 5.75 Å². The van der Waals surface area contributed by atoms with Gasteiger partial charge in [0.15, 0.2) is 5.60 Å². The fraction of sp³-hybridized carbons (Fsp3) is 0.562. The van der Waals surface area contributed by atoms with Crippen molar-refractivity contribution < 1.29 is 23.8 Å². The van der Waals surface area contributed by atoms with E-state index < -0.39 is 17.6 Å². The molecule has 0 bridgehead atoms. The number of thiophene rings is 1. The van der Waals surface area contributed by atoms with Crippen LogP contribution in [0.2, 0.25) is 0 Å². The molecular weight excluding hydrogens is 513 g/mol. The largest absolute Gasteiger partial charge is 0.479 e. The summed E-state index contributed by atoms with van der Waals surface area (Å²) in [5.41, 5.74) is 0.221. The van der Waals surface area contributed by atoms with E-state index in [1.54, 1.807) is 29.5 Å². The molecule has 2 rings (SSSR count). The van der Waals surface area contributed by atoms with Gasteiger partial charge in [-0.2, -0.15) is 9.65 Å². The molecule has 7 heteroatoms. The Balaban J connectivity index is 0.000000390. The van der Waals surface area contributed by atoms with Crippen LogP contribution in [0.15, 0.2) is 42.9 Å². The summed E-state index contributed by atoms with van der Waals surface area (Å²) in [6.45, 7) is 18.4. The van der Waals surface area contributed by atoms with Gasteiger partial charge in [-0.1, -0.05) is 54.9 Å². The summed E-state index contributed by atoms with van der Waals surface area (Å²) in [5.74, 6) is 1.09. The fourth-order valence-electron chi connectivity index (χ4n) is 4.31. The van der Waals surface area contributed by atoms with Crippen LogP contribution in [0.25, 0.3) is 10.4 Å². The Morgan fingerprint density at radius 3 is 2.33 bits per heavy atom. The van der Waals surface area contributed by atoms with Crippen molar-refractivity contribution in [2.75, 3.05) is 6.61 Å². The number of hydrogen-bond donors (Lipinski definition) is 1. The molecule has 0 fully saturated rings. The molecule has 0 saturated carbocycles. The second-order valence-electron chi connectivity index (χ2n) is 10.4. The van der Waals surface area contributed by atoms with E-state index in [0.717, 1.165) is 30.6 Å². The third-order valence-corrected chi connectivity index (χ3v) is 8.35. The minimum absolute atomic E-state index is 0.371. The SMILES string of the molecule is C=C(F)Oc1ccc(C#N)cc1-c1ccc(CC)s1.CCCO[C@](CC)(CC(CC(C)CC)C(C)C)C(=O)O. The molecule has 0 radical (unpaired) electrons. The highest BCUT2D eigenvalue weighted by molar-refractivity contribution is 7.15. The first kappa shape index (κ1) is 34.3. The lowest BCUT2D eigenvalue weighted by Crippen LogP contribution is -2.44. The van der Waals surface area contributed by atoms with Crippen LogP contribution in [-0.2, 0) is 16.0 Å². The standard InChI is InChI=1S/C17H34O3.C15H12FNOS/c1-7-10-20-17(9-3,16(18)19)12-15(13(4)5)11-14(6)8-2;1-3-12-5-7-15(19-12)13-8-11(9-17)4-6-14(13)18-10(2)16/h13-15H,7-12H2,1-6H3,(H,18,19);4-8H,2-3H2,1H3/t14?,15?,17-;/m1./s1. The smallest absolute Gasteiger partial charge is 0.335 e. The van der Waals surface area contributed by atoms with Crippen LogP contribution >= 0.6 is 11.3 Å². The Morgan fingerprint density at radius 1 is 1.18 bits per heavy atom. The Morgan fingerprint density at radius 2 is 1.87 bits per heavy atom. The van der Waals surface area contributed by atoms with Crippen molar-refractivity contribution in [3.63, 3.8) is 0 Å². The first-order valence-corrected chi connectivity index (χ1v) is 14.8. The van der Waals surface area contributed by atoms with Gasteiger partial charge in [0.25, 0.3) is 6.01 Å². The van der Waals surface area contributed by atoms with E-state index in [-0.39, 0.29) is 0 Å². The van der Waals surface area contributed by atoms with Gasteiger partial charge in [0.05, 0.1) is 11.6 Å². The third kappa shape index (κ3) is 10.8. The lowest BCUT2D eigenvalue weighted by molar-refractivity contribution is -0.170. The van der Waals surface area contributed by atoms with E-state index in [0.29, 0.717) is 54.1 Å². The summed E-state index contributed by atoms with van der Waals surface area (Å²) >= 11 is 1.60. The van der Waals surface area contributed by atoms with Gasteiger partial charge in [-0.05, 0) is 86.8 Å². The van der Waals surface area contributed by atoms with Crippen molar-refractivity contribution in [2.45, 2.75) is 92.6 Å². The number of benzene rings is 1. The topological polar surface area (TPSA) is 79.5 Å². The van der Waals surface area contributed by atoms with Crippen molar-refractivity contribution >= 4 is 17.3 Å². The van der Waals surface area contributed by atoms with Gasteiger partial charge in [0, 0.05) is 21.9 Å². The summed E-state index contributed by atoms with van der Waals surface area (Å²) in [6, 6.07) is 10.1. The number of carboxylic acids is 1. The average molecular weight is 560 g/mol. The molecule has 0 aliphatic carbocycles. The number of aliphatic carboxylic acids is 1. The lowest BCUT2D eigenvalue weighted by atomic mass is 9.77. The van der Waals surface area contributed by atoms with Crippen molar-refractivity contribution in [1.29, 1.82) is 5.26 Å². The Kier molecular flexibility index (Phi) is 15.1. The zero-order valence-corrected chi connectivity index (χ0v) is 25.5. The van der Waals surface area contributed by atoms with Crippen molar-refractivity contribution in [1.82, 2.24) is 0 Å². The Bertz CT molecular complexity index is 1090. The van der Waals surface area contributed by atoms with E-state index >= 15 is 0 Å². The van der Waals surface area contributed by atoms with Gasteiger partial charge in [-0.15, -0.1) is 11.3 Å². The normalized spacial score (nSPS) is 13.9. The number of carboxylic acid groups (broad SMARTS) is 1. The molecule has 2 unspecified atom stereocenters. The molecule has 1 heterocycles. The first-order chi connectivity index (χ1) is 18.5. The van der Waals surface area contributed by atoms with Crippen LogP contribution in [0.3, 0.4) is 0 Å². The number of aryl methyl sites for hydroxylation is 1. The van der Waals surface area contributed by atoms with E-state index in [4.69, 9.17) is 14.7 Å². The molecule has 5 nitrogen and oxygen atoms in total. The van der Waals surface area contributed by atoms with Crippen molar-refractivity contribution in [3.8, 4) is 22.3 Å². The van der Waals surface area contributed by atoms with Crippen LogP contribution in [0.4, 0.5) is 4.39 Å². The van der Waals surface area contributed by atoms with Crippen LogP contribution in [0.1, 0.15) is 91.0 Å². The predicted octanol–water partition coefficient (Wildman–Crippen LogP) is 9.41. The van der Waals surface area contributed by atoms with Crippen LogP contribution < -0.4 is 4.74 Å². The van der Waals surface area contributed by atoms with E-state index in [1.807, 2.05) is 26.0 Å². The lowest BCUT2D eigenvalue weighted by Gasteiger charge is -2.35. The number of nitrogens with zero attached hydrogens (tertiary/aromatic N) is 1. The third-order valence-electron chi connectivity index (χ3n) is 7.09. The van der Waals surface area contributed by atoms with Gasteiger partial charge in [0.2, 0.25) is 0 Å². The summed E-state index contributed by atoms with van der Waals surface area (Å²) in [6.07, 6.45) is 5.18. The van der Waals surface area contributed by atoms with Gasteiger partial charge in [-0.3, -0.25) is 0 Å². The number of halogens is 1. The molecule has 39 heavy (non-hydrogen) atoms. The highest BCUT2D eigenvalue weighted by Crippen LogP contribution is 2.37. The highest BCUT2D eigenvalue weighted by atomic mass is 32.1. The maximum Gasteiger partial charge on any atom is 0.335 e. The first-order valence-electron chi connectivity index (χ1n) is 14.0.